The minimum absolute atomic E-state index is 0.111. The maximum Gasteiger partial charge on any atom is 0.246 e. The summed E-state index contributed by atoms with van der Waals surface area (Å²) in [7, 11) is 1.85. The number of carbonyl (C=O) groups excluding carboxylic acids is 1. The predicted molar refractivity (Wildman–Crippen MR) is 78.3 cm³/mol. The van der Waals surface area contributed by atoms with Gasteiger partial charge in [0.25, 0.3) is 0 Å². The van der Waals surface area contributed by atoms with E-state index in [4.69, 9.17) is 5.73 Å². The maximum absolute atomic E-state index is 12.3. The lowest BCUT2D eigenvalue weighted by atomic mass is 10.0. The van der Waals surface area contributed by atoms with Crippen LogP contribution in [0.2, 0.25) is 0 Å². The number of aryl methyl sites for hydroxylation is 2. The molecule has 0 radical (unpaired) electrons. The van der Waals surface area contributed by atoms with Crippen LogP contribution in [0.1, 0.15) is 18.1 Å². The monoisotopic (exact) mass is 261 g/mol. The van der Waals surface area contributed by atoms with Crippen LogP contribution in [0.5, 0.6) is 0 Å². The van der Waals surface area contributed by atoms with Gasteiger partial charge in [-0.15, -0.1) is 0 Å². The van der Waals surface area contributed by atoms with Gasteiger partial charge in [-0.3, -0.25) is 4.79 Å². The van der Waals surface area contributed by atoms with Gasteiger partial charge in [-0.25, -0.2) is 0 Å². The first kappa shape index (κ1) is 13.9. The van der Waals surface area contributed by atoms with Crippen LogP contribution in [0.4, 0.5) is 5.69 Å². The Hall–Kier alpha value is -1.55. The average Bonchev–Trinajstić information content (AvgIpc) is 2.39. The molecule has 2 atom stereocenters. The number of rotatable bonds is 2. The number of carbonyl (C=O) groups is 1. The standard InChI is InChI=1S/C15H23N3O/c1-10-5-6-13(7-11(10)2)18-9-12(3)17(4)15(19)14(18)8-16/h5-7,12,14H,8-9,16H2,1-4H3. The lowest BCUT2D eigenvalue weighted by Gasteiger charge is -2.44. The highest BCUT2D eigenvalue weighted by molar-refractivity contribution is 5.87. The first-order chi connectivity index (χ1) is 8.95. The maximum atomic E-state index is 12.3. The highest BCUT2D eigenvalue weighted by atomic mass is 16.2. The third-order valence-electron chi connectivity index (χ3n) is 4.18. The summed E-state index contributed by atoms with van der Waals surface area (Å²) in [4.78, 5) is 16.2. The van der Waals surface area contributed by atoms with Gasteiger partial charge >= 0.3 is 0 Å². The molecule has 4 nitrogen and oxygen atoms in total. The molecule has 104 valence electrons. The molecule has 1 aliphatic heterocycles. The molecule has 2 unspecified atom stereocenters. The molecule has 0 saturated carbocycles. The summed E-state index contributed by atoms with van der Waals surface area (Å²) < 4.78 is 0. The molecule has 1 aromatic carbocycles. The van der Waals surface area contributed by atoms with Gasteiger partial charge in [0.1, 0.15) is 6.04 Å². The Morgan fingerprint density at radius 1 is 1.32 bits per heavy atom. The molecule has 1 amide bonds. The van der Waals surface area contributed by atoms with Crippen LogP contribution >= 0.6 is 0 Å². The molecular formula is C15H23N3O. The summed E-state index contributed by atoms with van der Waals surface area (Å²) in [6.07, 6.45) is 0. The second-order valence-corrected chi connectivity index (χ2v) is 5.47. The third-order valence-corrected chi connectivity index (χ3v) is 4.18. The van der Waals surface area contributed by atoms with Crippen molar-refractivity contribution in [1.29, 1.82) is 0 Å². The van der Waals surface area contributed by atoms with Crippen molar-refractivity contribution in [1.82, 2.24) is 4.90 Å². The highest BCUT2D eigenvalue weighted by Gasteiger charge is 2.35. The van der Waals surface area contributed by atoms with Crippen LogP contribution in [-0.4, -0.2) is 43.0 Å². The lowest BCUT2D eigenvalue weighted by molar-refractivity contribution is -0.134. The Labute approximate surface area is 115 Å². The van der Waals surface area contributed by atoms with Gasteiger partial charge in [-0.1, -0.05) is 6.07 Å². The Bertz CT molecular complexity index is 486. The summed E-state index contributed by atoms with van der Waals surface area (Å²) in [6.45, 7) is 7.43. The summed E-state index contributed by atoms with van der Waals surface area (Å²) >= 11 is 0. The fourth-order valence-electron chi connectivity index (χ4n) is 2.54. The lowest BCUT2D eigenvalue weighted by Crippen LogP contribution is -2.62. The van der Waals surface area contributed by atoms with Gasteiger partial charge in [0.2, 0.25) is 5.91 Å². The van der Waals surface area contributed by atoms with Crippen LogP contribution in [0.15, 0.2) is 18.2 Å². The van der Waals surface area contributed by atoms with Crippen molar-refractivity contribution in [3.8, 4) is 0 Å². The molecule has 1 saturated heterocycles. The van der Waals surface area contributed by atoms with Gasteiger partial charge in [0.05, 0.1) is 0 Å². The van der Waals surface area contributed by atoms with E-state index < -0.39 is 0 Å². The van der Waals surface area contributed by atoms with Crippen LogP contribution < -0.4 is 10.6 Å². The fraction of sp³-hybridized carbons (Fsp3) is 0.533. The Kier molecular flexibility index (Phi) is 3.80. The predicted octanol–water partition coefficient (Wildman–Crippen LogP) is 1.30. The van der Waals surface area contributed by atoms with Crippen molar-refractivity contribution in [3.63, 3.8) is 0 Å². The minimum Gasteiger partial charge on any atom is -0.356 e. The molecule has 1 heterocycles. The molecule has 1 aliphatic rings. The molecule has 1 fully saturated rings. The molecular weight excluding hydrogens is 238 g/mol. The number of hydrogen-bond donors (Lipinski definition) is 1. The summed E-state index contributed by atoms with van der Waals surface area (Å²) in [5.41, 5.74) is 9.41. The molecule has 0 bridgehead atoms. The van der Waals surface area contributed by atoms with Gasteiger partial charge in [-0.05, 0) is 44.0 Å². The van der Waals surface area contributed by atoms with E-state index in [0.717, 1.165) is 12.2 Å². The van der Waals surface area contributed by atoms with Crippen molar-refractivity contribution in [2.45, 2.75) is 32.9 Å². The zero-order valence-electron chi connectivity index (χ0n) is 12.2. The smallest absolute Gasteiger partial charge is 0.246 e. The van der Waals surface area contributed by atoms with E-state index in [1.807, 2.05) is 7.05 Å². The van der Waals surface area contributed by atoms with Crippen molar-refractivity contribution in [3.05, 3.63) is 29.3 Å². The number of nitrogens with zero attached hydrogens (tertiary/aromatic N) is 2. The van der Waals surface area contributed by atoms with E-state index >= 15 is 0 Å². The van der Waals surface area contributed by atoms with Crippen molar-refractivity contribution < 1.29 is 4.79 Å². The van der Waals surface area contributed by atoms with Gasteiger partial charge in [-0.2, -0.15) is 0 Å². The van der Waals surface area contributed by atoms with Crippen molar-refractivity contribution >= 4 is 11.6 Å². The topological polar surface area (TPSA) is 49.6 Å². The zero-order chi connectivity index (χ0) is 14.2. The number of piperazine rings is 1. The quantitative estimate of drug-likeness (QED) is 0.873. The second-order valence-electron chi connectivity index (χ2n) is 5.47. The molecule has 4 heteroatoms. The Morgan fingerprint density at radius 2 is 2.00 bits per heavy atom. The van der Waals surface area contributed by atoms with Crippen LogP contribution in [-0.2, 0) is 4.79 Å². The van der Waals surface area contributed by atoms with E-state index in [2.05, 4.69) is 43.9 Å². The molecule has 0 spiro atoms. The molecule has 19 heavy (non-hydrogen) atoms. The summed E-state index contributed by atoms with van der Waals surface area (Å²) in [5.74, 6) is 0.111. The largest absolute Gasteiger partial charge is 0.356 e. The molecule has 1 aromatic rings. The van der Waals surface area contributed by atoms with E-state index in [1.165, 1.54) is 11.1 Å². The van der Waals surface area contributed by atoms with E-state index in [1.54, 1.807) is 4.90 Å². The number of likely N-dealkylation sites (N-methyl/N-ethyl adjacent to an activating group) is 1. The number of amides is 1. The second kappa shape index (κ2) is 5.21. The first-order valence-electron chi connectivity index (χ1n) is 6.76. The average molecular weight is 261 g/mol. The number of nitrogens with two attached hydrogens (primary N) is 1. The summed E-state index contributed by atoms with van der Waals surface area (Å²) in [5, 5.41) is 0. The first-order valence-corrected chi connectivity index (χ1v) is 6.76. The van der Waals surface area contributed by atoms with E-state index in [-0.39, 0.29) is 18.0 Å². The van der Waals surface area contributed by atoms with Gasteiger partial charge in [0, 0.05) is 31.9 Å². The minimum atomic E-state index is -0.247. The van der Waals surface area contributed by atoms with E-state index in [0.29, 0.717) is 6.54 Å². The third kappa shape index (κ3) is 2.45. The number of benzene rings is 1. The van der Waals surface area contributed by atoms with Crippen LogP contribution in [0.25, 0.3) is 0 Å². The molecule has 2 rings (SSSR count). The molecule has 2 N–H and O–H groups in total. The number of anilines is 1. The Balaban J connectivity index is 2.35. The fourth-order valence-corrected chi connectivity index (χ4v) is 2.54. The van der Waals surface area contributed by atoms with Crippen molar-refractivity contribution in [2.24, 2.45) is 5.73 Å². The van der Waals surface area contributed by atoms with Crippen LogP contribution in [0.3, 0.4) is 0 Å². The number of hydrogen-bond acceptors (Lipinski definition) is 3. The molecule has 0 aliphatic carbocycles. The molecule has 0 aromatic heterocycles. The van der Waals surface area contributed by atoms with E-state index in [9.17, 15) is 4.79 Å². The van der Waals surface area contributed by atoms with Gasteiger partial charge in [0.15, 0.2) is 0 Å². The SMILES string of the molecule is Cc1ccc(N2CC(C)N(C)C(=O)C2CN)cc1C. The van der Waals surface area contributed by atoms with Crippen LogP contribution in [0, 0.1) is 13.8 Å². The van der Waals surface area contributed by atoms with Gasteiger partial charge < -0.3 is 15.5 Å². The Morgan fingerprint density at radius 3 is 2.58 bits per heavy atom. The highest BCUT2D eigenvalue weighted by Crippen LogP contribution is 2.25. The zero-order valence-corrected chi connectivity index (χ0v) is 12.2. The summed E-state index contributed by atoms with van der Waals surface area (Å²) in [6, 6.07) is 6.28. The van der Waals surface area contributed by atoms with Crippen molar-refractivity contribution in [2.75, 3.05) is 25.0 Å². The normalized spacial score (nSPS) is 23.9.